The molecule has 3 amide bonds. The van der Waals surface area contributed by atoms with Crippen molar-refractivity contribution in [2.24, 2.45) is 5.73 Å². The number of amides is 3. The van der Waals surface area contributed by atoms with Gasteiger partial charge in [0.05, 0.1) is 0 Å². The van der Waals surface area contributed by atoms with Gasteiger partial charge in [0.1, 0.15) is 0 Å². The van der Waals surface area contributed by atoms with Crippen molar-refractivity contribution in [3.63, 3.8) is 0 Å². The molecule has 0 aromatic heterocycles. The molecule has 1 aliphatic rings. The van der Waals surface area contributed by atoms with Crippen LogP contribution in [0.2, 0.25) is 0 Å². The normalized spacial score (nSPS) is 14.4. The number of carbonyl (C=O) groups excluding carboxylic acids is 2. The molecule has 0 radical (unpaired) electrons. The average molecular weight is 588 g/mol. The number of piperidine rings is 1. The van der Waals surface area contributed by atoms with Gasteiger partial charge >= 0.3 is 6.03 Å². The molecule has 0 aliphatic carbocycles. The third-order valence-corrected chi connectivity index (χ3v) is 7.62. The van der Waals surface area contributed by atoms with Crippen molar-refractivity contribution in [2.75, 3.05) is 32.5 Å². The van der Waals surface area contributed by atoms with Crippen LogP contribution in [0, 0.1) is 6.92 Å². The number of benzene rings is 2. The van der Waals surface area contributed by atoms with Gasteiger partial charge in [0.25, 0.3) is 0 Å². The van der Waals surface area contributed by atoms with Crippen LogP contribution in [0.3, 0.4) is 0 Å². The van der Waals surface area contributed by atoms with Crippen molar-refractivity contribution in [3.05, 3.63) is 101 Å². The van der Waals surface area contributed by atoms with Gasteiger partial charge in [0, 0.05) is 37.9 Å². The Hall–Kier alpha value is -3.84. The van der Waals surface area contributed by atoms with Gasteiger partial charge in [-0.3, -0.25) is 4.79 Å². The van der Waals surface area contributed by atoms with E-state index in [0.717, 1.165) is 51.0 Å². The number of hydrogen-bond donors (Lipinski definition) is 3. The van der Waals surface area contributed by atoms with E-state index in [1.54, 1.807) is 4.90 Å². The lowest BCUT2D eigenvalue weighted by Gasteiger charge is -2.31. The molecule has 0 spiro atoms. The Morgan fingerprint density at radius 3 is 2.35 bits per heavy atom. The number of rotatable bonds is 12. The second-order valence-corrected chi connectivity index (χ2v) is 11.3. The van der Waals surface area contributed by atoms with Crippen molar-refractivity contribution in [1.82, 2.24) is 15.1 Å². The molecule has 7 heteroatoms. The van der Waals surface area contributed by atoms with Gasteiger partial charge in [0.2, 0.25) is 5.91 Å². The number of allylic oxidation sites excluding steroid dienone is 4. The number of likely N-dealkylation sites (tertiary alicyclic amines) is 1. The van der Waals surface area contributed by atoms with E-state index in [4.69, 9.17) is 5.73 Å². The van der Waals surface area contributed by atoms with Gasteiger partial charge in [0.15, 0.2) is 0 Å². The van der Waals surface area contributed by atoms with Gasteiger partial charge < -0.3 is 26.2 Å². The van der Waals surface area contributed by atoms with Gasteiger partial charge in [-0.1, -0.05) is 62.4 Å². The lowest BCUT2D eigenvalue weighted by Crippen LogP contribution is -2.41. The average Bonchev–Trinajstić information content (AvgIpc) is 2.98. The Labute approximate surface area is 259 Å². The number of aryl methyl sites for hydroxylation is 1. The van der Waals surface area contributed by atoms with Crippen molar-refractivity contribution in [3.8, 4) is 0 Å². The van der Waals surface area contributed by atoms with E-state index in [-0.39, 0.29) is 11.9 Å². The zero-order valence-electron chi connectivity index (χ0n) is 27.2. The van der Waals surface area contributed by atoms with Crippen LogP contribution in [0.5, 0.6) is 0 Å². The first kappa shape index (κ1) is 35.4. The zero-order valence-corrected chi connectivity index (χ0v) is 27.2. The minimum atomic E-state index is -0.289. The first-order valence-electron chi connectivity index (χ1n) is 15.6. The molecule has 1 heterocycles. The molecule has 0 bridgehead atoms. The van der Waals surface area contributed by atoms with Gasteiger partial charge in [-0.25, -0.2) is 4.79 Å². The number of nitrogens with two attached hydrogens (primary N) is 1. The quantitative estimate of drug-likeness (QED) is 0.225. The summed E-state index contributed by atoms with van der Waals surface area (Å²) in [5.74, 6) is 0.621. The van der Waals surface area contributed by atoms with Crippen molar-refractivity contribution in [2.45, 2.75) is 78.7 Å². The lowest BCUT2D eigenvalue weighted by atomic mass is 9.87. The Kier molecular flexibility index (Phi) is 15.9. The van der Waals surface area contributed by atoms with Crippen LogP contribution in [0.25, 0.3) is 0 Å². The molecule has 3 rings (SSSR count). The molecule has 0 atom stereocenters. The van der Waals surface area contributed by atoms with Crippen LogP contribution in [0.1, 0.15) is 81.9 Å². The number of nitrogens with one attached hydrogen (secondary N) is 2. The Morgan fingerprint density at radius 1 is 1.02 bits per heavy atom. The molecule has 1 fully saturated rings. The number of carbonyl (C=O) groups is 2. The van der Waals surface area contributed by atoms with Crippen LogP contribution in [0.4, 0.5) is 10.5 Å². The first-order chi connectivity index (χ1) is 20.7. The van der Waals surface area contributed by atoms with Crippen LogP contribution < -0.4 is 16.4 Å². The number of nitrogens with zero attached hydrogens (tertiary/aromatic N) is 2. The molecule has 1 aliphatic heterocycles. The van der Waals surface area contributed by atoms with Crippen LogP contribution in [-0.4, -0.2) is 48.9 Å². The predicted octanol–water partition coefficient (Wildman–Crippen LogP) is 7.47. The molecule has 0 saturated carbocycles. The molecule has 7 nitrogen and oxygen atoms in total. The number of primary amides is 1. The third-order valence-electron chi connectivity index (χ3n) is 7.62. The number of urea groups is 1. The topological polar surface area (TPSA) is 90.7 Å². The summed E-state index contributed by atoms with van der Waals surface area (Å²) in [6, 6.07) is 16.2. The molecule has 234 valence electrons. The fourth-order valence-corrected chi connectivity index (χ4v) is 5.32. The molecular weight excluding hydrogens is 534 g/mol. The molecule has 2 aromatic rings. The monoisotopic (exact) mass is 587 g/mol. The fourth-order valence-electron chi connectivity index (χ4n) is 5.32. The van der Waals surface area contributed by atoms with Crippen LogP contribution >= 0.6 is 0 Å². The summed E-state index contributed by atoms with van der Waals surface area (Å²) >= 11 is 0. The zero-order chi connectivity index (χ0) is 31.6. The standard InChI is InChI=1S/C23H35N3O.C13H18N2O/c1-6-9-15-24-17-21(20(7-2)8-3)13-14-23(27)25-22-12-10-11-19(16-22)18-26(4)5;1-10-4-2-3-5-12(10)11-6-8-15(9-7-11)13(14)16/h7,9-12,15-17,24H,6,8,13-14,18H2,1-5H3,(H,25,27);2-5,11H,6-9H2,1H3,(H2,14,16)/b15-9+,20-7+,21-17-;. The molecule has 1 saturated heterocycles. The molecule has 2 aromatic carbocycles. The summed E-state index contributed by atoms with van der Waals surface area (Å²) in [5.41, 5.74) is 12.5. The summed E-state index contributed by atoms with van der Waals surface area (Å²) in [7, 11) is 4.07. The second kappa shape index (κ2) is 19.4. The van der Waals surface area contributed by atoms with Crippen molar-refractivity contribution >= 4 is 17.6 Å². The van der Waals surface area contributed by atoms with E-state index in [9.17, 15) is 9.59 Å². The fraction of sp³-hybridized carbons (Fsp3) is 0.444. The van der Waals surface area contributed by atoms with Gasteiger partial charge in [-0.15, -0.1) is 0 Å². The highest BCUT2D eigenvalue weighted by Crippen LogP contribution is 2.29. The Bertz CT molecular complexity index is 1240. The molecule has 4 N–H and O–H groups in total. The molecule has 0 unspecified atom stereocenters. The largest absolute Gasteiger partial charge is 0.368 e. The van der Waals surface area contributed by atoms with Crippen LogP contribution in [-0.2, 0) is 11.3 Å². The molecule has 43 heavy (non-hydrogen) atoms. The number of hydrogen-bond acceptors (Lipinski definition) is 4. The van der Waals surface area contributed by atoms with E-state index in [2.05, 4.69) is 78.8 Å². The SMILES string of the molecule is C/C=C(CC)/C(=C\N/C=C/CC)CCC(=O)Nc1cccc(CN(C)C)c1.Cc1ccccc1C1CCN(C(N)=O)CC1. The Morgan fingerprint density at radius 2 is 1.74 bits per heavy atom. The van der Waals surface area contributed by atoms with E-state index in [1.807, 2.05) is 51.6 Å². The van der Waals surface area contributed by atoms with Crippen molar-refractivity contribution < 1.29 is 9.59 Å². The van der Waals surface area contributed by atoms with Crippen LogP contribution in [0.15, 0.2) is 84.2 Å². The molecular formula is C36H53N5O2. The van der Waals surface area contributed by atoms with E-state index in [0.29, 0.717) is 18.8 Å². The maximum atomic E-state index is 12.4. The highest BCUT2D eigenvalue weighted by atomic mass is 16.2. The minimum Gasteiger partial charge on any atom is -0.368 e. The van der Waals surface area contributed by atoms with Gasteiger partial charge in [-0.05, 0) is 112 Å². The smallest absolute Gasteiger partial charge is 0.314 e. The summed E-state index contributed by atoms with van der Waals surface area (Å²) in [4.78, 5) is 27.3. The summed E-state index contributed by atoms with van der Waals surface area (Å²) < 4.78 is 0. The van der Waals surface area contributed by atoms with Crippen molar-refractivity contribution in [1.29, 1.82) is 0 Å². The Balaban J connectivity index is 0.000000340. The number of anilines is 1. The van der Waals surface area contributed by atoms with E-state index in [1.165, 1.54) is 27.8 Å². The predicted molar refractivity (Wildman–Crippen MR) is 181 cm³/mol. The maximum absolute atomic E-state index is 12.4. The maximum Gasteiger partial charge on any atom is 0.314 e. The third kappa shape index (κ3) is 12.9. The lowest BCUT2D eigenvalue weighted by molar-refractivity contribution is -0.116. The second-order valence-electron chi connectivity index (χ2n) is 11.3. The highest BCUT2D eigenvalue weighted by molar-refractivity contribution is 5.91. The first-order valence-corrected chi connectivity index (χ1v) is 15.6. The van der Waals surface area contributed by atoms with E-state index < -0.39 is 0 Å². The highest BCUT2D eigenvalue weighted by Gasteiger charge is 2.23. The minimum absolute atomic E-state index is 0.0403. The van der Waals surface area contributed by atoms with E-state index >= 15 is 0 Å². The summed E-state index contributed by atoms with van der Waals surface area (Å²) in [6.07, 6.45) is 13.3. The van der Waals surface area contributed by atoms with Gasteiger partial charge in [-0.2, -0.15) is 0 Å². The summed E-state index contributed by atoms with van der Waals surface area (Å²) in [5, 5.41) is 6.24. The summed E-state index contributed by atoms with van der Waals surface area (Å²) in [6.45, 7) is 10.9.